The van der Waals surface area contributed by atoms with E-state index in [0.29, 0.717) is 17.8 Å². The fraction of sp³-hybridized carbons (Fsp3) is 0.800. The molecular formula is C20H36O. The standard InChI is InChI=1S/C20H36O/c1-8-10-20(19(6)15-16(3)9-2)12-11-17(4)18(5)13-14-21-7/h8,10,16-20H,9,11-12,15H2,1-7H3. The molecule has 0 bridgehead atoms. The Hall–Kier alpha value is -0.900. The molecule has 0 aliphatic carbocycles. The Morgan fingerprint density at radius 2 is 1.71 bits per heavy atom. The molecule has 5 atom stereocenters. The summed E-state index contributed by atoms with van der Waals surface area (Å²) in [6.07, 6.45) is 12.5. The van der Waals surface area contributed by atoms with Crippen LogP contribution in [-0.2, 0) is 4.74 Å². The van der Waals surface area contributed by atoms with E-state index in [0.717, 1.165) is 11.8 Å². The van der Waals surface area contributed by atoms with Crippen LogP contribution in [0.3, 0.4) is 0 Å². The number of ether oxygens (including phenoxy) is 1. The third-order valence-electron chi connectivity index (χ3n) is 4.84. The van der Waals surface area contributed by atoms with Crippen LogP contribution in [0.5, 0.6) is 0 Å². The van der Waals surface area contributed by atoms with Crippen LogP contribution < -0.4 is 0 Å². The molecular weight excluding hydrogens is 256 g/mol. The molecule has 1 heteroatoms. The lowest BCUT2D eigenvalue weighted by Crippen LogP contribution is -2.15. The van der Waals surface area contributed by atoms with Gasteiger partial charge in [0, 0.05) is 5.92 Å². The molecule has 0 amide bonds. The van der Waals surface area contributed by atoms with Crippen LogP contribution in [0.2, 0.25) is 0 Å². The fourth-order valence-corrected chi connectivity index (χ4v) is 2.79. The molecule has 0 heterocycles. The molecule has 122 valence electrons. The van der Waals surface area contributed by atoms with Gasteiger partial charge in [0.05, 0.1) is 7.11 Å². The van der Waals surface area contributed by atoms with E-state index >= 15 is 0 Å². The average molecular weight is 293 g/mol. The van der Waals surface area contributed by atoms with Crippen molar-refractivity contribution in [2.45, 2.75) is 67.2 Å². The molecule has 0 aromatic carbocycles. The Morgan fingerprint density at radius 1 is 1.05 bits per heavy atom. The Morgan fingerprint density at radius 3 is 2.24 bits per heavy atom. The van der Waals surface area contributed by atoms with Gasteiger partial charge in [-0.25, -0.2) is 0 Å². The summed E-state index contributed by atoms with van der Waals surface area (Å²) in [4.78, 5) is 0. The minimum absolute atomic E-state index is 0.404. The van der Waals surface area contributed by atoms with Crippen molar-refractivity contribution in [2.75, 3.05) is 7.11 Å². The summed E-state index contributed by atoms with van der Waals surface area (Å²) in [7, 11) is 1.63. The quantitative estimate of drug-likeness (QED) is 0.379. The fourth-order valence-electron chi connectivity index (χ4n) is 2.79. The SMILES string of the molecule is CC=CC(CCC(C)C(C)C#COC)C(C)CC(C)CC. The molecule has 0 aromatic heterocycles. The van der Waals surface area contributed by atoms with Crippen LogP contribution in [0.1, 0.15) is 67.2 Å². The zero-order valence-corrected chi connectivity index (χ0v) is 15.3. The van der Waals surface area contributed by atoms with Gasteiger partial charge in [-0.05, 0) is 49.9 Å². The van der Waals surface area contributed by atoms with Crippen LogP contribution in [0, 0.1) is 41.6 Å². The Kier molecular flexibility index (Phi) is 11.2. The van der Waals surface area contributed by atoms with E-state index in [1.807, 2.05) is 0 Å². The van der Waals surface area contributed by atoms with Crippen molar-refractivity contribution >= 4 is 0 Å². The molecule has 0 saturated carbocycles. The van der Waals surface area contributed by atoms with Crippen molar-refractivity contribution in [3.05, 3.63) is 12.2 Å². The van der Waals surface area contributed by atoms with Crippen molar-refractivity contribution in [2.24, 2.45) is 29.6 Å². The smallest absolute Gasteiger partial charge is 0.110 e. The second-order valence-electron chi connectivity index (χ2n) is 6.71. The molecule has 0 aliphatic rings. The molecule has 0 aliphatic heterocycles. The third-order valence-corrected chi connectivity index (χ3v) is 4.84. The molecule has 0 rings (SSSR count). The summed E-state index contributed by atoms with van der Waals surface area (Å²) >= 11 is 0. The maximum atomic E-state index is 4.85. The monoisotopic (exact) mass is 292 g/mol. The van der Waals surface area contributed by atoms with Crippen molar-refractivity contribution < 1.29 is 4.74 Å². The van der Waals surface area contributed by atoms with Gasteiger partial charge in [-0.3, -0.25) is 0 Å². The maximum absolute atomic E-state index is 4.85. The van der Waals surface area contributed by atoms with Gasteiger partial charge in [-0.1, -0.05) is 59.1 Å². The van der Waals surface area contributed by atoms with Gasteiger partial charge in [0.1, 0.15) is 6.11 Å². The van der Waals surface area contributed by atoms with E-state index in [2.05, 4.69) is 65.7 Å². The summed E-state index contributed by atoms with van der Waals surface area (Å²) in [6.45, 7) is 13.7. The number of hydrogen-bond acceptors (Lipinski definition) is 1. The lowest BCUT2D eigenvalue weighted by molar-refractivity contribution is 0.294. The van der Waals surface area contributed by atoms with Crippen molar-refractivity contribution in [1.29, 1.82) is 0 Å². The van der Waals surface area contributed by atoms with Gasteiger partial charge in [-0.15, -0.1) is 0 Å². The molecule has 0 radical (unpaired) electrons. The Bertz CT molecular complexity index is 333. The van der Waals surface area contributed by atoms with E-state index in [9.17, 15) is 0 Å². The van der Waals surface area contributed by atoms with Gasteiger partial charge < -0.3 is 4.74 Å². The zero-order valence-electron chi connectivity index (χ0n) is 15.3. The second-order valence-corrected chi connectivity index (χ2v) is 6.71. The molecule has 0 fully saturated rings. The van der Waals surface area contributed by atoms with Crippen LogP contribution >= 0.6 is 0 Å². The van der Waals surface area contributed by atoms with E-state index in [-0.39, 0.29) is 0 Å². The highest BCUT2D eigenvalue weighted by Crippen LogP contribution is 2.29. The highest BCUT2D eigenvalue weighted by molar-refractivity contribution is 4.98. The lowest BCUT2D eigenvalue weighted by Gasteiger charge is -2.25. The van der Waals surface area contributed by atoms with Crippen LogP contribution in [0.4, 0.5) is 0 Å². The van der Waals surface area contributed by atoms with Gasteiger partial charge in [0.2, 0.25) is 0 Å². The molecule has 0 aromatic rings. The first kappa shape index (κ1) is 20.1. The van der Waals surface area contributed by atoms with Crippen molar-refractivity contribution in [1.82, 2.24) is 0 Å². The highest BCUT2D eigenvalue weighted by Gasteiger charge is 2.19. The van der Waals surface area contributed by atoms with Crippen molar-refractivity contribution in [3.8, 4) is 12.0 Å². The highest BCUT2D eigenvalue weighted by atomic mass is 16.5. The zero-order chi connectivity index (χ0) is 16.3. The predicted molar refractivity (Wildman–Crippen MR) is 93.9 cm³/mol. The van der Waals surface area contributed by atoms with Crippen molar-refractivity contribution in [3.63, 3.8) is 0 Å². The van der Waals surface area contributed by atoms with Gasteiger partial charge in [-0.2, -0.15) is 0 Å². The Labute approximate surface area is 133 Å². The second kappa shape index (κ2) is 11.7. The summed E-state index contributed by atoms with van der Waals surface area (Å²) < 4.78 is 4.85. The van der Waals surface area contributed by atoms with Crippen LogP contribution in [-0.4, -0.2) is 7.11 Å². The molecule has 21 heavy (non-hydrogen) atoms. The largest absolute Gasteiger partial charge is 0.450 e. The number of rotatable bonds is 9. The molecule has 5 unspecified atom stereocenters. The summed E-state index contributed by atoms with van der Waals surface area (Å²) in [5.74, 6) is 6.49. The van der Waals surface area contributed by atoms with E-state index < -0.39 is 0 Å². The number of hydrogen-bond donors (Lipinski definition) is 0. The molecule has 1 nitrogen and oxygen atoms in total. The topological polar surface area (TPSA) is 9.23 Å². The molecule has 0 N–H and O–H groups in total. The van der Waals surface area contributed by atoms with Gasteiger partial charge in [0.25, 0.3) is 0 Å². The first-order chi connectivity index (χ1) is 9.96. The summed E-state index contributed by atoms with van der Waals surface area (Å²) in [5.41, 5.74) is 0. The van der Waals surface area contributed by atoms with Gasteiger partial charge >= 0.3 is 0 Å². The minimum atomic E-state index is 0.404. The first-order valence-electron chi connectivity index (χ1n) is 8.62. The van der Waals surface area contributed by atoms with Crippen LogP contribution in [0.25, 0.3) is 0 Å². The van der Waals surface area contributed by atoms with E-state index in [1.165, 1.54) is 25.7 Å². The predicted octanol–water partition coefficient (Wildman–Crippen LogP) is 5.91. The molecule has 0 saturated heterocycles. The number of methoxy groups -OCH3 is 1. The molecule has 0 spiro atoms. The van der Waals surface area contributed by atoms with Gasteiger partial charge in [0.15, 0.2) is 0 Å². The first-order valence-corrected chi connectivity index (χ1v) is 8.62. The number of allylic oxidation sites excluding steroid dienone is 2. The van der Waals surface area contributed by atoms with Crippen LogP contribution in [0.15, 0.2) is 12.2 Å². The average Bonchev–Trinajstić information content (AvgIpc) is 2.48. The summed E-state index contributed by atoms with van der Waals surface area (Å²) in [6, 6.07) is 0. The summed E-state index contributed by atoms with van der Waals surface area (Å²) in [5, 5.41) is 0. The minimum Gasteiger partial charge on any atom is -0.450 e. The maximum Gasteiger partial charge on any atom is 0.110 e. The van der Waals surface area contributed by atoms with E-state index in [4.69, 9.17) is 4.74 Å². The van der Waals surface area contributed by atoms with E-state index in [1.54, 1.807) is 7.11 Å². The Balaban J connectivity index is 4.44. The normalized spacial score (nSPS) is 18.4. The third kappa shape index (κ3) is 8.86. The lowest BCUT2D eigenvalue weighted by atomic mass is 9.80.